The average Bonchev–Trinajstić information content (AvgIpc) is 2.61. The Bertz CT molecular complexity index is 457. The predicted molar refractivity (Wildman–Crippen MR) is 85.4 cm³/mol. The molecule has 1 aliphatic heterocycles. The van der Waals surface area contributed by atoms with Gasteiger partial charge < -0.3 is 15.4 Å². The number of carbonyl (C=O) groups is 1. The molecule has 1 aromatic carbocycles. The van der Waals surface area contributed by atoms with Crippen LogP contribution in [-0.2, 0) is 11.3 Å². The van der Waals surface area contributed by atoms with Gasteiger partial charge in [0.25, 0.3) is 0 Å². The normalized spacial score (nSPS) is 18.7. The van der Waals surface area contributed by atoms with E-state index in [1.165, 1.54) is 0 Å². The zero-order chi connectivity index (χ0) is 13.7. The Hall–Kier alpha value is -0.780. The molecule has 112 valence electrons. The van der Waals surface area contributed by atoms with Crippen LogP contribution in [0.3, 0.4) is 0 Å². The molecule has 6 heteroatoms. The molecule has 0 aromatic heterocycles. The van der Waals surface area contributed by atoms with E-state index in [0.717, 1.165) is 41.6 Å². The lowest BCUT2D eigenvalue weighted by molar-refractivity contribution is -0.122. The molecule has 0 saturated carbocycles. The molecule has 1 unspecified atom stereocenters. The molecule has 0 aliphatic carbocycles. The monoisotopic (exact) mass is 362 g/mol. The van der Waals surface area contributed by atoms with Crippen molar-refractivity contribution >= 4 is 34.2 Å². The van der Waals surface area contributed by atoms with Gasteiger partial charge in [0.2, 0.25) is 5.91 Å². The highest BCUT2D eigenvalue weighted by Crippen LogP contribution is 2.23. The number of rotatable bonds is 4. The Morgan fingerprint density at radius 1 is 1.45 bits per heavy atom. The molecule has 1 fully saturated rings. The van der Waals surface area contributed by atoms with Crippen molar-refractivity contribution in [2.24, 2.45) is 0 Å². The summed E-state index contributed by atoms with van der Waals surface area (Å²) < 4.78 is 6.34. The summed E-state index contributed by atoms with van der Waals surface area (Å²) in [5.41, 5.74) is 1.05. The minimum absolute atomic E-state index is 0. The highest BCUT2D eigenvalue weighted by Gasteiger charge is 2.20. The van der Waals surface area contributed by atoms with E-state index in [1.54, 1.807) is 7.11 Å². The van der Waals surface area contributed by atoms with Gasteiger partial charge in [-0.15, -0.1) is 12.4 Å². The summed E-state index contributed by atoms with van der Waals surface area (Å²) >= 11 is 3.45. The van der Waals surface area contributed by atoms with Gasteiger partial charge in [0, 0.05) is 23.1 Å². The van der Waals surface area contributed by atoms with Gasteiger partial charge in [-0.25, -0.2) is 0 Å². The fraction of sp³-hybridized carbons (Fsp3) is 0.500. The van der Waals surface area contributed by atoms with Gasteiger partial charge in [-0.1, -0.05) is 15.9 Å². The van der Waals surface area contributed by atoms with Crippen LogP contribution in [0, 0.1) is 0 Å². The number of hydrogen-bond donors (Lipinski definition) is 2. The maximum atomic E-state index is 11.8. The first-order valence-electron chi connectivity index (χ1n) is 6.54. The van der Waals surface area contributed by atoms with Crippen LogP contribution in [0.2, 0.25) is 0 Å². The van der Waals surface area contributed by atoms with Crippen molar-refractivity contribution in [3.63, 3.8) is 0 Å². The first kappa shape index (κ1) is 17.3. The summed E-state index contributed by atoms with van der Waals surface area (Å²) in [6.45, 7) is 1.41. The van der Waals surface area contributed by atoms with E-state index >= 15 is 0 Å². The van der Waals surface area contributed by atoms with Crippen molar-refractivity contribution < 1.29 is 9.53 Å². The van der Waals surface area contributed by atoms with Gasteiger partial charge in [-0.2, -0.15) is 0 Å². The Labute approximate surface area is 134 Å². The van der Waals surface area contributed by atoms with E-state index in [4.69, 9.17) is 4.74 Å². The first-order chi connectivity index (χ1) is 9.20. The number of halogens is 2. The van der Waals surface area contributed by atoms with Gasteiger partial charge >= 0.3 is 0 Å². The van der Waals surface area contributed by atoms with Gasteiger partial charge in [0.15, 0.2) is 0 Å². The Morgan fingerprint density at radius 3 is 3.00 bits per heavy atom. The van der Waals surface area contributed by atoms with Crippen LogP contribution in [0.15, 0.2) is 22.7 Å². The number of carbonyl (C=O) groups excluding carboxylic acids is 1. The van der Waals surface area contributed by atoms with Crippen LogP contribution in [0.5, 0.6) is 5.75 Å². The quantitative estimate of drug-likeness (QED) is 0.864. The molecule has 0 spiro atoms. The molecular weight excluding hydrogens is 344 g/mol. The second kappa shape index (κ2) is 8.49. The number of amides is 1. The molecule has 1 atom stereocenters. The smallest absolute Gasteiger partial charge is 0.237 e. The highest BCUT2D eigenvalue weighted by atomic mass is 79.9. The minimum atomic E-state index is -0.105. The minimum Gasteiger partial charge on any atom is -0.496 e. The largest absolute Gasteiger partial charge is 0.496 e. The zero-order valence-corrected chi connectivity index (χ0v) is 13.9. The SMILES string of the molecule is COc1ccc(Br)cc1CNC1CCCCNC1=O.Cl. The molecule has 1 amide bonds. The Balaban J connectivity index is 0.00000200. The van der Waals surface area contributed by atoms with Crippen molar-refractivity contribution in [3.05, 3.63) is 28.2 Å². The van der Waals surface area contributed by atoms with Gasteiger partial charge in [-0.3, -0.25) is 4.79 Å². The van der Waals surface area contributed by atoms with Crippen molar-refractivity contribution in [1.82, 2.24) is 10.6 Å². The lowest BCUT2D eigenvalue weighted by Crippen LogP contribution is -2.42. The fourth-order valence-corrected chi connectivity index (χ4v) is 2.66. The fourth-order valence-electron chi connectivity index (χ4n) is 2.25. The predicted octanol–water partition coefficient (Wildman–Crippen LogP) is 2.64. The summed E-state index contributed by atoms with van der Waals surface area (Å²) in [4.78, 5) is 11.8. The number of nitrogens with one attached hydrogen (secondary N) is 2. The molecule has 1 heterocycles. The molecule has 1 saturated heterocycles. The van der Waals surface area contributed by atoms with Crippen molar-refractivity contribution in [3.8, 4) is 5.75 Å². The summed E-state index contributed by atoms with van der Waals surface area (Å²) in [5.74, 6) is 0.941. The van der Waals surface area contributed by atoms with Crippen molar-refractivity contribution in [2.45, 2.75) is 31.8 Å². The molecule has 20 heavy (non-hydrogen) atoms. The lowest BCUT2D eigenvalue weighted by atomic mass is 10.1. The molecule has 1 aliphatic rings. The van der Waals surface area contributed by atoms with Crippen LogP contribution in [-0.4, -0.2) is 25.6 Å². The molecule has 4 nitrogen and oxygen atoms in total. The third-order valence-electron chi connectivity index (χ3n) is 3.32. The highest BCUT2D eigenvalue weighted by molar-refractivity contribution is 9.10. The second-order valence-electron chi connectivity index (χ2n) is 4.68. The van der Waals surface area contributed by atoms with Crippen LogP contribution in [0.4, 0.5) is 0 Å². The second-order valence-corrected chi connectivity index (χ2v) is 5.59. The van der Waals surface area contributed by atoms with Crippen LogP contribution >= 0.6 is 28.3 Å². The van der Waals surface area contributed by atoms with E-state index in [2.05, 4.69) is 26.6 Å². The van der Waals surface area contributed by atoms with Crippen LogP contribution < -0.4 is 15.4 Å². The Morgan fingerprint density at radius 2 is 2.25 bits per heavy atom. The maximum absolute atomic E-state index is 11.8. The van der Waals surface area contributed by atoms with Gasteiger partial charge in [-0.05, 0) is 37.5 Å². The zero-order valence-electron chi connectivity index (χ0n) is 11.4. The summed E-state index contributed by atoms with van der Waals surface area (Å²) in [5, 5.41) is 6.25. The molecule has 2 rings (SSSR count). The molecule has 0 bridgehead atoms. The average molecular weight is 364 g/mol. The standard InChI is InChI=1S/C14H19BrN2O2.ClH/c1-19-13-6-5-11(15)8-10(13)9-17-12-4-2-3-7-16-14(12)18;/h5-6,8,12,17H,2-4,7,9H2,1H3,(H,16,18);1H. The molecular formula is C14H20BrClN2O2. The van der Waals surface area contributed by atoms with Gasteiger partial charge in [0.05, 0.1) is 13.2 Å². The van der Waals surface area contributed by atoms with Crippen molar-refractivity contribution in [1.29, 1.82) is 0 Å². The number of hydrogen-bond acceptors (Lipinski definition) is 3. The summed E-state index contributed by atoms with van der Waals surface area (Å²) in [6.07, 6.45) is 3.03. The maximum Gasteiger partial charge on any atom is 0.237 e. The van der Waals surface area contributed by atoms with E-state index < -0.39 is 0 Å². The molecule has 0 radical (unpaired) electrons. The van der Waals surface area contributed by atoms with E-state index in [0.29, 0.717) is 6.54 Å². The summed E-state index contributed by atoms with van der Waals surface area (Å²) in [6, 6.07) is 5.78. The topological polar surface area (TPSA) is 50.4 Å². The number of ether oxygens (including phenoxy) is 1. The van der Waals surface area contributed by atoms with Crippen molar-refractivity contribution in [2.75, 3.05) is 13.7 Å². The van der Waals surface area contributed by atoms with Gasteiger partial charge in [0.1, 0.15) is 5.75 Å². The number of methoxy groups -OCH3 is 1. The first-order valence-corrected chi connectivity index (χ1v) is 7.33. The summed E-state index contributed by atoms with van der Waals surface area (Å²) in [7, 11) is 1.66. The van der Waals surface area contributed by atoms with E-state index in [-0.39, 0.29) is 24.4 Å². The van der Waals surface area contributed by atoms with Crippen LogP contribution in [0.1, 0.15) is 24.8 Å². The third-order valence-corrected chi connectivity index (χ3v) is 3.81. The third kappa shape index (κ3) is 4.65. The lowest BCUT2D eigenvalue weighted by Gasteiger charge is -2.16. The molecule has 2 N–H and O–H groups in total. The van der Waals surface area contributed by atoms with E-state index in [1.807, 2.05) is 18.2 Å². The van der Waals surface area contributed by atoms with Crippen LogP contribution in [0.25, 0.3) is 0 Å². The number of benzene rings is 1. The molecule has 1 aromatic rings. The Kier molecular flexibility index (Phi) is 7.34. The van der Waals surface area contributed by atoms with E-state index in [9.17, 15) is 4.79 Å².